The second kappa shape index (κ2) is 5.88. The Morgan fingerprint density at radius 2 is 2.26 bits per heavy atom. The first-order valence-corrected chi connectivity index (χ1v) is 7.45. The van der Waals surface area contributed by atoms with Crippen molar-refractivity contribution in [1.29, 1.82) is 0 Å². The molecule has 4 heteroatoms. The average molecular weight is 260 g/mol. The molecule has 2 saturated heterocycles. The fraction of sp³-hybridized carbons (Fsp3) is 0.667. The summed E-state index contributed by atoms with van der Waals surface area (Å²) >= 11 is 0. The predicted molar refractivity (Wildman–Crippen MR) is 78.4 cm³/mol. The number of fused-ring (bicyclic) bond motifs is 1. The summed E-state index contributed by atoms with van der Waals surface area (Å²) in [6.07, 6.45) is 8.07. The smallest absolute Gasteiger partial charge is 0.0599 e. The molecule has 1 aromatic rings. The lowest BCUT2D eigenvalue weighted by Gasteiger charge is -2.45. The summed E-state index contributed by atoms with van der Waals surface area (Å²) in [6.45, 7) is 5.73. The van der Waals surface area contributed by atoms with Crippen molar-refractivity contribution in [2.45, 2.75) is 31.8 Å². The molecule has 104 valence electrons. The molecule has 4 nitrogen and oxygen atoms in total. The summed E-state index contributed by atoms with van der Waals surface area (Å²) in [5, 5.41) is 3.25. The normalized spacial score (nSPS) is 24.3. The number of piperidine rings is 1. The zero-order valence-corrected chi connectivity index (χ0v) is 11.8. The number of hydrogen-bond acceptors (Lipinski definition) is 4. The molecule has 0 bridgehead atoms. The molecule has 2 aliphatic rings. The topological polar surface area (TPSA) is 31.4 Å². The van der Waals surface area contributed by atoms with E-state index >= 15 is 0 Å². The van der Waals surface area contributed by atoms with Crippen LogP contribution in [-0.2, 0) is 6.54 Å². The summed E-state index contributed by atoms with van der Waals surface area (Å²) in [7, 11) is 2.00. The molecule has 2 aliphatic heterocycles. The van der Waals surface area contributed by atoms with Crippen LogP contribution in [-0.4, -0.2) is 49.2 Å². The standard InChI is InChI=1S/C15H24N4/c1-16-10-13-5-6-17-11-15(13)19-9-8-18-7-3-2-4-14(18)12-19/h5-6,11,14,16H,2-4,7-10,12H2,1H3. The Bertz CT molecular complexity index is 420. The average Bonchev–Trinajstić information content (AvgIpc) is 2.48. The van der Waals surface area contributed by atoms with Crippen LogP contribution in [0.1, 0.15) is 24.8 Å². The van der Waals surface area contributed by atoms with E-state index in [4.69, 9.17) is 0 Å². The van der Waals surface area contributed by atoms with Crippen LogP contribution in [0.2, 0.25) is 0 Å². The summed E-state index contributed by atoms with van der Waals surface area (Å²) in [6, 6.07) is 2.89. The van der Waals surface area contributed by atoms with Crippen LogP contribution in [0.5, 0.6) is 0 Å². The maximum atomic E-state index is 4.32. The summed E-state index contributed by atoms with van der Waals surface area (Å²) < 4.78 is 0. The van der Waals surface area contributed by atoms with Gasteiger partial charge in [0.05, 0.1) is 11.9 Å². The van der Waals surface area contributed by atoms with Crippen LogP contribution in [0.3, 0.4) is 0 Å². The molecule has 1 atom stereocenters. The molecule has 0 amide bonds. The first-order chi connectivity index (χ1) is 9.38. The van der Waals surface area contributed by atoms with E-state index in [2.05, 4.69) is 26.2 Å². The predicted octanol–water partition coefficient (Wildman–Crippen LogP) is 1.48. The third-order valence-electron chi connectivity index (χ3n) is 4.43. The lowest BCUT2D eigenvalue weighted by molar-refractivity contribution is 0.133. The van der Waals surface area contributed by atoms with Crippen molar-refractivity contribution < 1.29 is 0 Å². The Labute approximate surface area is 115 Å². The second-order valence-corrected chi connectivity index (χ2v) is 5.67. The Morgan fingerprint density at radius 1 is 1.32 bits per heavy atom. The molecule has 0 aliphatic carbocycles. The molecular formula is C15H24N4. The van der Waals surface area contributed by atoms with E-state index in [9.17, 15) is 0 Å². The number of rotatable bonds is 3. The fourth-order valence-corrected chi connectivity index (χ4v) is 3.41. The largest absolute Gasteiger partial charge is 0.367 e. The van der Waals surface area contributed by atoms with E-state index in [-0.39, 0.29) is 0 Å². The van der Waals surface area contributed by atoms with Gasteiger partial charge in [-0.15, -0.1) is 0 Å². The highest BCUT2D eigenvalue weighted by molar-refractivity contribution is 5.52. The quantitative estimate of drug-likeness (QED) is 0.892. The van der Waals surface area contributed by atoms with Crippen molar-refractivity contribution >= 4 is 5.69 Å². The van der Waals surface area contributed by atoms with Gasteiger partial charge in [0, 0.05) is 38.4 Å². The van der Waals surface area contributed by atoms with Crippen LogP contribution >= 0.6 is 0 Å². The minimum absolute atomic E-state index is 0.755. The Balaban J connectivity index is 1.75. The van der Waals surface area contributed by atoms with E-state index in [1.165, 1.54) is 50.1 Å². The van der Waals surface area contributed by atoms with Crippen molar-refractivity contribution in [3.05, 3.63) is 24.0 Å². The van der Waals surface area contributed by atoms with Gasteiger partial charge in [0.1, 0.15) is 0 Å². The summed E-state index contributed by atoms with van der Waals surface area (Å²) in [5.74, 6) is 0. The first kappa shape index (κ1) is 12.9. The highest BCUT2D eigenvalue weighted by Gasteiger charge is 2.29. The molecule has 0 saturated carbocycles. The van der Waals surface area contributed by atoms with E-state index in [1.807, 2.05) is 19.4 Å². The van der Waals surface area contributed by atoms with Crippen molar-refractivity contribution in [2.75, 3.05) is 38.1 Å². The molecule has 0 spiro atoms. The number of piperazine rings is 1. The first-order valence-electron chi connectivity index (χ1n) is 7.45. The van der Waals surface area contributed by atoms with Crippen LogP contribution in [0, 0.1) is 0 Å². The van der Waals surface area contributed by atoms with Gasteiger partial charge in [-0.2, -0.15) is 0 Å². The van der Waals surface area contributed by atoms with Gasteiger partial charge in [-0.1, -0.05) is 6.42 Å². The number of anilines is 1. The Morgan fingerprint density at radius 3 is 3.16 bits per heavy atom. The van der Waals surface area contributed by atoms with Gasteiger partial charge < -0.3 is 10.2 Å². The summed E-state index contributed by atoms with van der Waals surface area (Å²) in [4.78, 5) is 9.53. The lowest BCUT2D eigenvalue weighted by atomic mass is 9.99. The molecule has 1 unspecified atom stereocenters. The number of hydrogen-bond donors (Lipinski definition) is 1. The van der Waals surface area contributed by atoms with Gasteiger partial charge in [0.2, 0.25) is 0 Å². The molecule has 3 heterocycles. The Kier molecular flexibility index (Phi) is 3.99. The van der Waals surface area contributed by atoms with Gasteiger partial charge >= 0.3 is 0 Å². The zero-order valence-electron chi connectivity index (χ0n) is 11.8. The van der Waals surface area contributed by atoms with E-state index in [0.29, 0.717) is 0 Å². The minimum Gasteiger partial charge on any atom is -0.367 e. The number of aromatic nitrogens is 1. The molecule has 1 aromatic heterocycles. The monoisotopic (exact) mass is 260 g/mol. The zero-order chi connectivity index (χ0) is 13.1. The highest BCUT2D eigenvalue weighted by atomic mass is 15.3. The van der Waals surface area contributed by atoms with Crippen LogP contribution in [0.15, 0.2) is 18.5 Å². The highest BCUT2D eigenvalue weighted by Crippen LogP contribution is 2.26. The van der Waals surface area contributed by atoms with Gasteiger partial charge in [0.25, 0.3) is 0 Å². The van der Waals surface area contributed by atoms with Crippen LogP contribution in [0.25, 0.3) is 0 Å². The lowest BCUT2D eigenvalue weighted by Crippen LogP contribution is -2.55. The minimum atomic E-state index is 0.755. The van der Waals surface area contributed by atoms with Gasteiger partial charge in [-0.3, -0.25) is 9.88 Å². The maximum Gasteiger partial charge on any atom is 0.0599 e. The molecule has 0 aromatic carbocycles. The van der Waals surface area contributed by atoms with E-state index < -0.39 is 0 Å². The molecule has 0 radical (unpaired) electrons. The van der Waals surface area contributed by atoms with Gasteiger partial charge in [0.15, 0.2) is 0 Å². The number of nitrogens with one attached hydrogen (secondary N) is 1. The SMILES string of the molecule is CNCc1ccncc1N1CCN2CCCCC2C1. The van der Waals surface area contributed by atoms with Crippen LogP contribution < -0.4 is 10.2 Å². The number of nitrogens with zero attached hydrogens (tertiary/aromatic N) is 3. The third kappa shape index (κ3) is 2.74. The summed E-state index contributed by atoms with van der Waals surface area (Å²) in [5.41, 5.74) is 2.68. The molecule has 3 rings (SSSR count). The molecule has 2 fully saturated rings. The van der Waals surface area contributed by atoms with Crippen molar-refractivity contribution in [2.24, 2.45) is 0 Å². The maximum absolute atomic E-state index is 4.32. The van der Waals surface area contributed by atoms with Crippen molar-refractivity contribution in [3.8, 4) is 0 Å². The van der Waals surface area contributed by atoms with Gasteiger partial charge in [-0.05, 0) is 38.1 Å². The molecule has 19 heavy (non-hydrogen) atoms. The van der Waals surface area contributed by atoms with Gasteiger partial charge in [-0.25, -0.2) is 0 Å². The molecular weight excluding hydrogens is 236 g/mol. The van der Waals surface area contributed by atoms with Crippen LogP contribution in [0.4, 0.5) is 5.69 Å². The third-order valence-corrected chi connectivity index (χ3v) is 4.43. The molecule has 1 N–H and O–H groups in total. The fourth-order valence-electron chi connectivity index (χ4n) is 3.41. The second-order valence-electron chi connectivity index (χ2n) is 5.67. The van der Waals surface area contributed by atoms with E-state index in [1.54, 1.807) is 0 Å². The Hall–Kier alpha value is -1.13. The number of pyridine rings is 1. The van der Waals surface area contributed by atoms with Crippen molar-refractivity contribution in [3.63, 3.8) is 0 Å². The van der Waals surface area contributed by atoms with Crippen molar-refractivity contribution in [1.82, 2.24) is 15.2 Å². The van der Waals surface area contributed by atoms with E-state index in [0.717, 1.165) is 19.1 Å².